The Labute approximate surface area is 151 Å². The highest BCUT2D eigenvalue weighted by molar-refractivity contribution is 6.31. The van der Waals surface area contributed by atoms with Crippen LogP contribution < -0.4 is 15.0 Å². The van der Waals surface area contributed by atoms with Gasteiger partial charge in [0.1, 0.15) is 5.75 Å². The molecule has 1 fully saturated rings. The van der Waals surface area contributed by atoms with E-state index in [0.29, 0.717) is 23.0 Å². The van der Waals surface area contributed by atoms with Crippen LogP contribution in [0.5, 0.6) is 5.75 Å². The summed E-state index contributed by atoms with van der Waals surface area (Å²) in [4.78, 5) is 26.6. The fraction of sp³-hybridized carbons (Fsp3) is 0.263. The molecule has 5 nitrogen and oxygen atoms in total. The minimum atomic E-state index is -0.405. The van der Waals surface area contributed by atoms with Crippen molar-refractivity contribution in [1.29, 1.82) is 0 Å². The Kier molecular flexibility index (Phi) is 4.95. The molecule has 0 bridgehead atoms. The van der Waals surface area contributed by atoms with Crippen molar-refractivity contribution >= 4 is 34.8 Å². The number of nitrogens with one attached hydrogen (secondary N) is 1. The number of amides is 2. The topological polar surface area (TPSA) is 58.6 Å². The number of hydrogen-bond acceptors (Lipinski definition) is 3. The van der Waals surface area contributed by atoms with Gasteiger partial charge in [-0.3, -0.25) is 9.59 Å². The van der Waals surface area contributed by atoms with E-state index in [0.717, 1.165) is 11.3 Å². The summed E-state index contributed by atoms with van der Waals surface area (Å²) >= 11 is 6.15. The van der Waals surface area contributed by atoms with Crippen LogP contribution in [-0.2, 0) is 9.59 Å². The van der Waals surface area contributed by atoms with Crippen LogP contribution in [-0.4, -0.2) is 25.5 Å². The third-order valence-electron chi connectivity index (χ3n) is 4.36. The molecule has 6 heteroatoms. The lowest BCUT2D eigenvalue weighted by Gasteiger charge is -2.19. The van der Waals surface area contributed by atoms with Crippen molar-refractivity contribution in [1.82, 2.24) is 0 Å². The van der Waals surface area contributed by atoms with Gasteiger partial charge in [0, 0.05) is 35.4 Å². The highest BCUT2D eigenvalue weighted by Crippen LogP contribution is 2.32. The van der Waals surface area contributed by atoms with Gasteiger partial charge >= 0.3 is 0 Å². The molecule has 0 radical (unpaired) electrons. The Balaban J connectivity index is 1.73. The Bertz CT molecular complexity index is 822. The molecule has 0 unspecified atom stereocenters. The normalized spacial score (nSPS) is 16.8. The molecular weight excluding hydrogens is 340 g/mol. The van der Waals surface area contributed by atoms with Crippen molar-refractivity contribution < 1.29 is 14.3 Å². The minimum Gasteiger partial charge on any atom is -0.497 e. The van der Waals surface area contributed by atoms with Crippen LogP contribution in [0.25, 0.3) is 0 Å². The number of ether oxygens (including phenoxy) is 1. The van der Waals surface area contributed by atoms with Gasteiger partial charge in [0.2, 0.25) is 11.8 Å². The van der Waals surface area contributed by atoms with Gasteiger partial charge in [-0.1, -0.05) is 23.7 Å². The monoisotopic (exact) mass is 358 g/mol. The molecule has 1 saturated heterocycles. The van der Waals surface area contributed by atoms with E-state index in [4.69, 9.17) is 16.3 Å². The summed E-state index contributed by atoms with van der Waals surface area (Å²) < 4.78 is 5.15. The SMILES string of the molecule is COc1cccc(NC(=O)[C@H]2CC(=O)N(c3cccc(Cl)c3C)C2)c1. The fourth-order valence-corrected chi connectivity index (χ4v) is 3.12. The first-order chi connectivity index (χ1) is 12.0. The van der Waals surface area contributed by atoms with Crippen molar-refractivity contribution in [3.05, 3.63) is 53.1 Å². The molecule has 2 aromatic rings. The molecule has 1 aliphatic rings. The van der Waals surface area contributed by atoms with Gasteiger partial charge < -0.3 is 15.0 Å². The number of benzene rings is 2. The fourth-order valence-electron chi connectivity index (χ4n) is 2.95. The van der Waals surface area contributed by atoms with Crippen LogP contribution in [0.1, 0.15) is 12.0 Å². The zero-order valence-corrected chi connectivity index (χ0v) is 14.8. The number of carbonyl (C=O) groups excluding carboxylic acids is 2. The van der Waals surface area contributed by atoms with Gasteiger partial charge in [0.05, 0.1) is 13.0 Å². The van der Waals surface area contributed by atoms with Crippen LogP contribution in [0.3, 0.4) is 0 Å². The molecular formula is C19H19ClN2O3. The Morgan fingerprint density at radius 1 is 1.28 bits per heavy atom. The first-order valence-electron chi connectivity index (χ1n) is 8.00. The molecule has 1 atom stereocenters. The quantitative estimate of drug-likeness (QED) is 0.907. The molecule has 1 heterocycles. The van der Waals surface area contributed by atoms with E-state index in [1.54, 1.807) is 42.3 Å². The van der Waals surface area contributed by atoms with E-state index in [1.165, 1.54) is 0 Å². The molecule has 0 saturated carbocycles. The molecule has 1 aliphatic heterocycles. The second kappa shape index (κ2) is 7.15. The summed E-state index contributed by atoms with van der Waals surface area (Å²) in [5.41, 5.74) is 2.25. The lowest BCUT2D eigenvalue weighted by Crippen LogP contribution is -2.28. The van der Waals surface area contributed by atoms with Crippen LogP contribution in [0.15, 0.2) is 42.5 Å². The lowest BCUT2D eigenvalue weighted by molar-refractivity contribution is -0.122. The first-order valence-corrected chi connectivity index (χ1v) is 8.38. The molecule has 3 rings (SSSR count). The van der Waals surface area contributed by atoms with Gasteiger partial charge in [-0.15, -0.1) is 0 Å². The highest BCUT2D eigenvalue weighted by Gasteiger charge is 2.35. The molecule has 0 spiro atoms. The summed E-state index contributed by atoms with van der Waals surface area (Å²) in [7, 11) is 1.57. The van der Waals surface area contributed by atoms with E-state index >= 15 is 0 Å². The molecule has 2 aromatic carbocycles. The smallest absolute Gasteiger partial charge is 0.229 e. The summed E-state index contributed by atoms with van der Waals surface area (Å²) in [6, 6.07) is 12.6. The minimum absolute atomic E-state index is 0.0730. The number of anilines is 2. The van der Waals surface area contributed by atoms with Crippen molar-refractivity contribution in [2.75, 3.05) is 23.9 Å². The summed E-state index contributed by atoms with van der Waals surface area (Å²) in [6.45, 7) is 2.21. The van der Waals surface area contributed by atoms with Crippen molar-refractivity contribution in [2.45, 2.75) is 13.3 Å². The first kappa shape index (κ1) is 17.3. The number of rotatable bonds is 4. The highest BCUT2D eigenvalue weighted by atomic mass is 35.5. The summed E-state index contributed by atoms with van der Waals surface area (Å²) in [6.07, 6.45) is 0.182. The maximum Gasteiger partial charge on any atom is 0.229 e. The molecule has 130 valence electrons. The van der Waals surface area contributed by atoms with E-state index < -0.39 is 5.92 Å². The number of halogens is 1. The molecule has 0 aromatic heterocycles. The maximum atomic E-state index is 12.5. The van der Waals surface area contributed by atoms with Crippen LogP contribution in [0.2, 0.25) is 5.02 Å². The standard InChI is InChI=1S/C19H19ClN2O3/c1-12-16(20)7-4-8-17(12)22-11-13(9-18(22)23)19(24)21-14-5-3-6-15(10-14)25-2/h3-8,10,13H,9,11H2,1-2H3,(H,21,24)/t13-/m0/s1. The maximum absolute atomic E-state index is 12.5. The molecule has 25 heavy (non-hydrogen) atoms. The zero-order valence-electron chi connectivity index (χ0n) is 14.1. The third kappa shape index (κ3) is 3.61. The number of carbonyl (C=O) groups is 2. The van der Waals surface area contributed by atoms with Crippen molar-refractivity contribution in [3.8, 4) is 5.75 Å². The predicted octanol–water partition coefficient (Wildman–Crippen LogP) is 3.65. The molecule has 2 amide bonds. The third-order valence-corrected chi connectivity index (χ3v) is 4.77. The summed E-state index contributed by atoms with van der Waals surface area (Å²) in [5, 5.41) is 3.46. The summed E-state index contributed by atoms with van der Waals surface area (Å²) in [5.74, 6) is 0.00787. The van der Waals surface area contributed by atoms with E-state index in [2.05, 4.69) is 5.32 Å². The van der Waals surface area contributed by atoms with Crippen molar-refractivity contribution in [3.63, 3.8) is 0 Å². The van der Waals surface area contributed by atoms with Crippen LogP contribution in [0.4, 0.5) is 11.4 Å². The number of methoxy groups -OCH3 is 1. The van der Waals surface area contributed by atoms with Gasteiger partial charge in [-0.2, -0.15) is 0 Å². The van der Waals surface area contributed by atoms with Crippen molar-refractivity contribution in [2.24, 2.45) is 5.92 Å². The molecule has 0 aliphatic carbocycles. The lowest BCUT2D eigenvalue weighted by atomic mass is 10.1. The Hall–Kier alpha value is -2.53. The number of nitrogens with zero attached hydrogens (tertiary/aromatic N) is 1. The second-order valence-electron chi connectivity index (χ2n) is 6.01. The van der Waals surface area contributed by atoms with Gasteiger partial charge in [-0.25, -0.2) is 0 Å². The second-order valence-corrected chi connectivity index (χ2v) is 6.42. The Morgan fingerprint density at radius 3 is 2.80 bits per heavy atom. The van der Waals surface area contributed by atoms with Crippen LogP contribution >= 0.6 is 11.6 Å². The van der Waals surface area contributed by atoms with E-state index in [-0.39, 0.29) is 18.2 Å². The van der Waals surface area contributed by atoms with E-state index in [1.807, 2.05) is 19.1 Å². The Morgan fingerprint density at radius 2 is 2.04 bits per heavy atom. The van der Waals surface area contributed by atoms with E-state index in [9.17, 15) is 9.59 Å². The van der Waals surface area contributed by atoms with Gasteiger partial charge in [0.25, 0.3) is 0 Å². The number of hydrogen-bond donors (Lipinski definition) is 1. The van der Waals surface area contributed by atoms with Crippen LogP contribution in [0, 0.1) is 12.8 Å². The average molecular weight is 359 g/mol. The van der Waals surface area contributed by atoms with Gasteiger partial charge in [-0.05, 0) is 36.8 Å². The van der Waals surface area contributed by atoms with Gasteiger partial charge in [0.15, 0.2) is 0 Å². The average Bonchev–Trinajstić information content (AvgIpc) is 2.99. The predicted molar refractivity (Wildman–Crippen MR) is 98.3 cm³/mol. The zero-order chi connectivity index (χ0) is 18.0. The molecule has 1 N–H and O–H groups in total. The largest absolute Gasteiger partial charge is 0.497 e.